The van der Waals surface area contributed by atoms with Gasteiger partial charge in [0.2, 0.25) is 0 Å². The van der Waals surface area contributed by atoms with E-state index < -0.39 is 32.7 Å². The molecule has 0 heterocycles. The molecule has 10 nitrogen and oxygen atoms in total. The van der Waals surface area contributed by atoms with Crippen molar-refractivity contribution in [3.63, 3.8) is 0 Å². The van der Waals surface area contributed by atoms with E-state index in [2.05, 4.69) is 8.37 Å². The van der Waals surface area contributed by atoms with Gasteiger partial charge in [-0.2, -0.15) is 16.8 Å². The standard InChI is InChI=1S/C2H2O10S2.2Ba.2Ca.8H/c3-1(11-13(5,6)7)2(4)12-14(8,9)10;;;;;;;;;;;;/h(H,5,6,7)(H,8,9,10);;;;;;;;;;;;. The molecule has 0 rings (SSSR count). The molecule has 16 heteroatoms. The number of carbonyl (C=O) groups excluding carboxylic acids is 2. The average molecular weight is 613 g/mol. The van der Waals surface area contributed by atoms with Gasteiger partial charge in [0.1, 0.15) is 0 Å². The van der Waals surface area contributed by atoms with Crippen LogP contribution in [0.2, 0.25) is 0 Å². The molecule has 0 aliphatic carbocycles. The van der Waals surface area contributed by atoms with E-state index in [1.54, 1.807) is 0 Å². The van der Waals surface area contributed by atoms with Crippen molar-refractivity contribution in [1.82, 2.24) is 0 Å². The SMILES string of the molecule is O=C(OS(=O)(=O)O)C(=O)OS(=O)(=O)O.[BaH2].[BaH2].[CaH2].[CaH2]. The summed E-state index contributed by atoms with van der Waals surface area (Å²) in [6.45, 7) is 0. The van der Waals surface area contributed by atoms with Crippen molar-refractivity contribution in [1.29, 1.82) is 0 Å². The molecule has 0 aromatic rings. The molecule has 18 heavy (non-hydrogen) atoms. The first-order valence-electron chi connectivity index (χ1n) is 2.43. The van der Waals surface area contributed by atoms with E-state index in [1.807, 2.05) is 0 Å². The summed E-state index contributed by atoms with van der Waals surface area (Å²) in [5.41, 5.74) is 0. The Morgan fingerprint density at radius 2 is 0.889 bits per heavy atom. The first-order chi connectivity index (χ1) is 6.01. The van der Waals surface area contributed by atoms with E-state index in [0.717, 1.165) is 0 Å². The second kappa shape index (κ2) is 15.0. The van der Waals surface area contributed by atoms with E-state index in [9.17, 15) is 26.4 Å². The van der Waals surface area contributed by atoms with Crippen LogP contribution in [-0.4, -0.2) is 211 Å². The Morgan fingerprint density at radius 1 is 0.722 bits per heavy atom. The van der Waals surface area contributed by atoms with E-state index >= 15 is 0 Å². The van der Waals surface area contributed by atoms with E-state index in [1.165, 1.54) is 0 Å². The molecule has 0 aliphatic heterocycles. The van der Waals surface area contributed by atoms with Gasteiger partial charge in [0, 0.05) is 0 Å². The molecule has 0 atom stereocenters. The number of rotatable bonds is 2. The topological polar surface area (TPSA) is 161 Å². The summed E-state index contributed by atoms with van der Waals surface area (Å²) in [6.07, 6.45) is 0. The molecule has 0 aromatic heterocycles. The molecule has 0 unspecified atom stereocenters. The zero-order valence-electron chi connectivity index (χ0n) is 5.98. The summed E-state index contributed by atoms with van der Waals surface area (Å²) in [4.78, 5) is 20.4. The van der Waals surface area contributed by atoms with Gasteiger partial charge in [-0.05, 0) is 0 Å². The zero-order valence-corrected chi connectivity index (χ0v) is 7.61. The van der Waals surface area contributed by atoms with Gasteiger partial charge in [0.05, 0.1) is 0 Å². The van der Waals surface area contributed by atoms with Crippen LogP contribution in [-0.2, 0) is 38.8 Å². The summed E-state index contributed by atoms with van der Waals surface area (Å²) in [5, 5.41) is 0. The summed E-state index contributed by atoms with van der Waals surface area (Å²) in [5.74, 6) is -4.66. The van der Waals surface area contributed by atoms with Crippen molar-refractivity contribution in [3.8, 4) is 0 Å². The van der Waals surface area contributed by atoms with Gasteiger partial charge in [-0.15, -0.1) is 0 Å². The Bertz CT molecular complexity index is 410. The van der Waals surface area contributed by atoms with Crippen molar-refractivity contribution in [3.05, 3.63) is 0 Å². The summed E-state index contributed by atoms with van der Waals surface area (Å²) in [6, 6.07) is 0. The van der Waals surface area contributed by atoms with Crippen molar-refractivity contribution in [2.75, 3.05) is 0 Å². The molecule has 0 radical (unpaired) electrons. The minimum absolute atomic E-state index is 0. The second-order valence-electron chi connectivity index (χ2n) is 1.60. The zero-order chi connectivity index (χ0) is 11.6. The van der Waals surface area contributed by atoms with Gasteiger partial charge in [-0.1, -0.05) is 0 Å². The monoisotopic (exact) mass is 614 g/mol. The summed E-state index contributed by atoms with van der Waals surface area (Å²) >= 11 is 0. The fourth-order valence-electron chi connectivity index (χ4n) is 0.259. The van der Waals surface area contributed by atoms with Gasteiger partial charge in [0.25, 0.3) is 0 Å². The van der Waals surface area contributed by atoms with E-state index in [0.29, 0.717) is 0 Å². The Kier molecular flexibility index (Phi) is 28.2. The Labute approximate surface area is 243 Å². The Balaban J connectivity index is -0.000000141. The molecular formula is C2H10Ba2Ca2O10S2. The molecule has 0 amide bonds. The van der Waals surface area contributed by atoms with Crippen LogP contribution >= 0.6 is 0 Å². The van der Waals surface area contributed by atoms with Gasteiger partial charge in [0.15, 0.2) is 0 Å². The molecule has 0 spiro atoms. The third-order valence-corrected chi connectivity index (χ3v) is 1.25. The number of hydrogen-bond acceptors (Lipinski definition) is 8. The van der Waals surface area contributed by atoms with Crippen molar-refractivity contribution < 1.29 is 43.9 Å². The molecule has 0 saturated heterocycles. The van der Waals surface area contributed by atoms with Gasteiger partial charge in [-0.25, -0.2) is 9.59 Å². The quantitative estimate of drug-likeness (QED) is 0.174. The second-order valence-corrected chi connectivity index (χ2v) is 3.64. The normalized spacial score (nSPS) is 9.22. The number of carbonyl (C=O) groups is 2. The molecular weight excluding hydrogens is 603 g/mol. The molecule has 0 saturated carbocycles. The fourth-order valence-corrected chi connectivity index (χ4v) is 0.778. The van der Waals surface area contributed by atoms with Gasteiger partial charge < -0.3 is 8.37 Å². The molecule has 98 valence electrons. The van der Waals surface area contributed by atoms with Crippen LogP contribution in [0.25, 0.3) is 0 Å². The first kappa shape index (κ1) is 33.9. The third-order valence-electron chi connectivity index (χ3n) is 0.529. The third kappa shape index (κ3) is 22.7. The molecule has 0 aromatic carbocycles. The molecule has 0 fully saturated rings. The molecule has 2 N–H and O–H groups in total. The summed E-state index contributed by atoms with van der Waals surface area (Å²) in [7, 11) is -10.5. The van der Waals surface area contributed by atoms with Crippen molar-refractivity contribution >= 4 is 206 Å². The van der Waals surface area contributed by atoms with Crippen LogP contribution in [0.15, 0.2) is 0 Å². The van der Waals surface area contributed by atoms with E-state index in [4.69, 9.17) is 9.11 Å². The van der Waals surface area contributed by atoms with Gasteiger partial charge >= 0.3 is 206 Å². The fraction of sp³-hybridized carbons (Fsp3) is 0. The Morgan fingerprint density at radius 3 is 1.00 bits per heavy atom. The van der Waals surface area contributed by atoms with Gasteiger partial charge in [-0.3, -0.25) is 9.11 Å². The molecule has 0 aliphatic rings. The first-order valence-corrected chi connectivity index (χ1v) is 5.16. The van der Waals surface area contributed by atoms with Crippen LogP contribution in [0.4, 0.5) is 0 Å². The maximum atomic E-state index is 10.2. The van der Waals surface area contributed by atoms with Crippen molar-refractivity contribution in [2.24, 2.45) is 0 Å². The minimum atomic E-state index is -5.25. The average Bonchev–Trinajstić information content (AvgIpc) is 1.78. The van der Waals surface area contributed by atoms with Crippen LogP contribution in [0.1, 0.15) is 0 Å². The number of hydrogen-bond donors (Lipinski definition) is 2. The predicted molar refractivity (Wildman–Crippen MR) is 69.5 cm³/mol. The van der Waals surface area contributed by atoms with Crippen LogP contribution in [0, 0.1) is 0 Å². The van der Waals surface area contributed by atoms with Crippen LogP contribution in [0.5, 0.6) is 0 Å². The molecule has 0 bridgehead atoms. The summed E-state index contributed by atoms with van der Waals surface area (Å²) < 4.78 is 60.9. The van der Waals surface area contributed by atoms with E-state index in [-0.39, 0.29) is 173 Å². The maximum absolute atomic E-state index is 10.2. The Hall–Kier alpha value is 4.42. The van der Waals surface area contributed by atoms with Crippen LogP contribution in [0.3, 0.4) is 0 Å². The van der Waals surface area contributed by atoms with Crippen LogP contribution < -0.4 is 0 Å². The van der Waals surface area contributed by atoms with Crippen molar-refractivity contribution in [2.45, 2.75) is 0 Å². The predicted octanol–water partition coefficient (Wildman–Crippen LogP) is -5.99.